The molecule has 0 amide bonds. The van der Waals surface area contributed by atoms with Gasteiger partial charge in [0.2, 0.25) is 0 Å². The first-order valence-corrected chi connectivity index (χ1v) is 5.23. The van der Waals surface area contributed by atoms with E-state index in [1.54, 1.807) is 31.2 Å². The van der Waals surface area contributed by atoms with E-state index in [2.05, 4.69) is 0 Å². The molecule has 0 N–H and O–H groups in total. The van der Waals surface area contributed by atoms with Crippen LogP contribution in [0.3, 0.4) is 0 Å². The summed E-state index contributed by atoms with van der Waals surface area (Å²) in [6, 6.07) is 8.61. The Morgan fingerprint density at radius 1 is 1.24 bits per heavy atom. The molecule has 0 saturated carbocycles. The summed E-state index contributed by atoms with van der Waals surface area (Å²) in [7, 11) is 0. The maximum Gasteiger partial charge on any atom is 0.352 e. The first-order chi connectivity index (χ1) is 8.13. The van der Waals surface area contributed by atoms with Gasteiger partial charge in [-0.05, 0) is 26.0 Å². The lowest BCUT2D eigenvalue weighted by Gasteiger charge is -2.11. The zero-order valence-corrected chi connectivity index (χ0v) is 9.75. The number of ether oxygens (including phenoxy) is 2. The van der Waals surface area contributed by atoms with E-state index in [0.717, 1.165) is 0 Å². The Hall–Kier alpha value is -2.10. The van der Waals surface area contributed by atoms with Crippen LogP contribution in [0.5, 0.6) is 5.75 Å². The molecule has 90 valence electrons. The third-order valence-corrected chi connectivity index (χ3v) is 1.89. The van der Waals surface area contributed by atoms with Gasteiger partial charge in [-0.2, -0.15) is 0 Å². The van der Waals surface area contributed by atoms with E-state index >= 15 is 0 Å². The second-order valence-electron chi connectivity index (χ2n) is 3.31. The second kappa shape index (κ2) is 6.48. The summed E-state index contributed by atoms with van der Waals surface area (Å²) in [6.07, 6.45) is 1.85. The molecular formula is C13H14O4. The molecular weight excluding hydrogens is 220 g/mol. The first kappa shape index (κ1) is 13.0. The number of rotatable bonds is 4. The standard InChI is InChI=1S/C13H14O4/c1-3-7-12(14)16-10(2)13(15)17-11-8-5-4-6-9-11/h3-10H,1-2H3/b7-3+. The van der Waals surface area contributed by atoms with Crippen molar-refractivity contribution in [1.82, 2.24) is 0 Å². The Morgan fingerprint density at radius 3 is 2.47 bits per heavy atom. The highest BCUT2D eigenvalue weighted by atomic mass is 16.6. The van der Waals surface area contributed by atoms with Gasteiger partial charge in [-0.1, -0.05) is 24.3 Å². The van der Waals surface area contributed by atoms with Gasteiger partial charge in [0, 0.05) is 6.08 Å². The lowest BCUT2D eigenvalue weighted by Crippen LogP contribution is -2.27. The van der Waals surface area contributed by atoms with Crippen molar-refractivity contribution in [3.8, 4) is 5.75 Å². The monoisotopic (exact) mass is 234 g/mol. The van der Waals surface area contributed by atoms with Crippen LogP contribution in [0.2, 0.25) is 0 Å². The van der Waals surface area contributed by atoms with Crippen LogP contribution in [0.4, 0.5) is 0 Å². The number of hydrogen-bond donors (Lipinski definition) is 0. The van der Waals surface area contributed by atoms with Crippen LogP contribution in [0.25, 0.3) is 0 Å². The topological polar surface area (TPSA) is 52.6 Å². The minimum atomic E-state index is -0.932. The van der Waals surface area contributed by atoms with Gasteiger partial charge in [-0.3, -0.25) is 0 Å². The molecule has 4 nitrogen and oxygen atoms in total. The zero-order valence-electron chi connectivity index (χ0n) is 9.75. The molecule has 4 heteroatoms. The zero-order chi connectivity index (χ0) is 12.7. The largest absolute Gasteiger partial charge is 0.447 e. The Labute approximate surface area is 99.8 Å². The molecule has 0 aliphatic rings. The Kier molecular flexibility index (Phi) is 4.94. The number of para-hydroxylation sites is 1. The molecule has 0 heterocycles. The third-order valence-electron chi connectivity index (χ3n) is 1.89. The predicted molar refractivity (Wildman–Crippen MR) is 62.4 cm³/mol. The summed E-state index contributed by atoms with van der Waals surface area (Å²) in [4.78, 5) is 22.6. The molecule has 1 aromatic rings. The van der Waals surface area contributed by atoms with E-state index in [1.165, 1.54) is 19.1 Å². The summed E-state index contributed by atoms with van der Waals surface area (Å²) >= 11 is 0. The highest BCUT2D eigenvalue weighted by Crippen LogP contribution is 2.10. The number of carbonyl (C=O) groups is 2. The van der Waals surface area contributed by atoms with Crippen molar-refractivity contribution in [2.75, 3.05) is 0 Å². The van der Waals surface area contributed by atoms with E-state index in [9.17, 15) is 9.59 Å². The fraction of sp³-hybridized carbons (Fsp3) is 0.231. The molecule has 1 aromatic carbocycles. The lowest BCUT2D eigenvalue weighted by atomic mass is 10.3. The summed E-state index contributed by atoms with van der Waals surface area (Å²) in [6.45, 7) is 3.15. The fourth-order valence-electron chi connectivity index (χ4n) is 1.09. The van der Waals surface area contributed by atoms with Crippen LogP contribution >= 0.6 is 0 Å². The van der Waals surface area contributed by atoms with Gasteiger partial charge in [0.1, 0.15) is 5.75 Å². The molecule has 0 spiro atoms. The van der Waals surface area contributed by atoms with Crippen molar-refractivity contribution in [1.29, 1.82) is 0 Å². The summed E-state index contributed by atoms with van der Waals surface area (Å²) in [5.74, 6) is -0.745. The van der Waals surface area contributed by atoms with Gasteiger partial charge in [-0.25, -0.2) is 9.59 Å². The molecule has 0 fully saturated rings. The van der Waals surface area contributed by atoms with Crippen LogP contribution in [-0.4, -0.2) is 18.0 Å². The maximum atomic E-state index is 11.5. The van der Waals surface area contributed by atoms with Gasteiger partial charge in [0.05, 0.1) is 0 Å². The second-order valence-corrected chi connectivity index (χ2v) is 3.31. The van der Waals surface area contributed by atoms with Gasteiger partial charge in [-0.15, -0.1) is 0 Å². The van der Waals surface area contributed by atoms with Crippen LogP contribution in [-0.2, 0) is 14.3 Å². The number of esters is 2. The van der Waals surface area contributed by atoms with Crippen LogP contribution in [0, 0.1) is 0 Å². The highest BCUT2D eigenvalue weighted by molar-refractivity contribution is 5.85. The third kappa shape index (κ3) is 4.51. The van der Waals surface area contributed by atoms with Crippen LogP contribution in [0.1, 0.15) is 13.8 Å². The number of allylic oxidation sites excluding steroid dienone is 1. The van der Waals surface area contributed by atoms with Gasteiger partial charge >= 0.3 is 11.9 Å². The van der Waals surface area contributed by atoms with Crippen LogP contribution < -0.4 is 4.74 Å². The van der Waals surface area contributed by atoms with E-state index < -0.39 is 18.0 Å². The van der Waals surface area contributed by atoms with E-state index in [1.807, 2.05) is 6.07 Å². The minimum absolute atomic E-state index is 0.423. The minimum Gasteiger partial charge on any atom is -0.447 e. The predicted octanol–water partition coefficient (Wildman–Crippen LogP) is 2.10. The Balaban J connectivity index is 2.50. The Bertz CT molecular complexity index is 409. The molecule has 1 unspecified atom stereocenters. The lowest BCUT2D eigenvalue weighted by molar-refractivity contribution is -0.157. The van der Waals surface area contributed by atoms with Crippen molar-refractivity contribution in [3.63, 3.8) is 0 Å². The number of hydrogen-bond acceptors (Lipinski definition) is 4. The average Bonchev–Trinajstić information content (AvgIpc) is 2.30. The smallest absolute Gasteiger partial charge is 0.352 e. The molecule has 0 aliphatic heterocycles. The van der Waals surface area contributed by atoms with Gasteiger partial charge in [0.25, 0.3) is 0 Å². The molecule has 0 aliphatic carbocycles. The highest BCUT2D eigenvalue weighted by Gasteiger charge is 2.18. The first-order valence-electron chi connectivity index (χ1n) is 5.23. The normalized spacial score (nSPS) is 12.1. The fourth-order valence-corrected chi connectivity index (χ4v) is 1.09. The van der Waals surface area contributed by atoms with E-state index in [-0.39, 0.29) is 0 Å². The SMILES string of the molecule is C/C=C/C(=O)OC(C)C(=O)Oc1ccccc1. The summed E-state index contributed by atoms with van der Waals surface area (Å²) < 4.78 is 9.84. The van der Waals surface area contributed by atoms with Crippen molar-refractivity contribution in [3.05, 3.63) is 42.5 Å². The van der Waals surface area contributed by atoms with Crippen molar-refractivity contribution in [2.24, 2.45) is 0 Å². The Morgan fingerprint density at radius 2 is 1.88 bits per heavy atom. The molecule has 1 atom stereocenters. The molecule has 0 bridgehead atoms. The van der Waals surface area contributed by atoms with Crippen molar-refractivity contribution >= 4 is 11.9 Å². The number of carbonyl (C=O) groups excluding carboxylic acids is 2. The number of benzene rings is 1. The molecule has 0 saturated heterocycles. The van der Waals surface area contributed by atoms with E-state index in [0.29, 0.717) is 5.75 Å². The molecule has 1 rings (SSSR count). The quantitative estimate of drug-likeness (QED) is 0.455. The molecule has 0 aromatic heterocycles. The maximum absolute atomic E-state index is 11.5. The van der Waals surface area contributed by atoms with Crippen molar-refractivity contribution in [2.45, 2.75) is 20.0 Å². The van der Waals surface area contributed by atoms with Crippen LogP contribution in [0.15, 0.2) is 42.5 Å². The van der Waals surface area contributed by atoms with Gasteiger partial charge < -0.3 is 9.47 Å². The molecule has 17 heavy (non-hydrogen) atoms. The molecule has 0 radical (unpaired) electrons. The van der Waals surface area contributed by atoms with Crippen molar-refractivity contribution < 1.29 is 19.1 Å². The van der Waals surface area contributed by atoms with E-state index in [4.69, 9.17) is 9.47 Å². The summed E-state index contributed by atoms with van der Waals surface area (Å²) in [5.41, 5.74) is 0. The average molecular weight is 234 g/mol. The van der Waals surface area contributed by atoms with Gasteiger partial charge in [0.15, 0.2) is 6.10 Å². The summed E-state index contributed by atoms with van der Waals surface area (Å²) in [5, 5.41) is 0.